The van der Waals surface area contributed by atoms with E-state index in [0.717, 1.165) is 11.6 Å². The Balaban J connectivity index is 1.58. The second-order valence-corrected chi connectivity index (χ2v) is 9.18. The van der Waals surface area contributed by atoms with Crippen LogP contribution in [0.4, 0.5) is 0 Å². The predicted octanol–water partition coefficient (Wildman–Crippen LogP) is 1.84. The van der Waals surface area contributed by atoms with Crippen molar-refractivity contribution in [1.82, 2.24) is 9.62 Å². The molecule has 3 rings (SSSR count). The fourth-order valence-corrected chi connectivity index (χ4v) is 4.87. The quantitative estimate of drug-likeness (QED) is 0.571. The highest BCUT2D eigenvalue weighted by Crippen LogP contribution is 2.26. The molecule has 0 spiro atoms. The molecule has 1 aliphatic rings. The number of carbonyl (C=O) groups excluding carboxylic acids is 2. The van der Waals surface area contributed by atoms with Crippen LogP contribution in [0.3, 0.4) is 0 Å². The van der Waals surface area contributed by atoms with Gasteiger partial charge in [-0.05, 0) is 35.9 Å². The van der Waals surface area contributed by atoms with Crippen LogP contribution in [0.2, 0.25) is 5.02 Å². The molecule has 0 saturated carbocycles. The van der Waals surface area contributed by atoms with Gasteiger partial charge in [0.2, 0.25) is 10.0 Å². The molecule has 32 heavy (non-hydrogen) atoms. The molecule has 2 aromatic carbocycles. The lowest BCUT2D eigenvalue weighted by Gasteiger charge is -2.26. The summed E-state index contributed by atoms with van der Waals surface area (Å²) in [6.07, 6.45) is 0. The van der Waals surface area contributed by atoms with Crippen LogP contribution in [-0.4, -0.2) is 64.6 Å². The number of benzene rings is 2. The number of ether oxygens (including phenoxy) is 3. The molecule has 1 heterocycles. The number of methoxy groups -OCH3 is 1. The van der Waals surface area contributed by atoms with E-state index in [1.54, 1.807) is 31.4 Å². The molecular weight excluding hydrogens is 460 g/mol. The van der Waals surface area contributed by atoms with Crippen LogP contribution in [0.5, 0.6) is 5.75 Å². The van der Waals surface area contributed by atoms with E-state index in [0.29, 0.717) is 5.75 Å². The summed E-state index contributed by atoms with van der Waals surface area (Å²) in [6, 6.07) is 11.0. The van der Waals surface area contributed by atoms with Gasteiger partial charge < -0.3 is 19.5 Å². The standard InChI is InChI=1S/C21H23ClN2O7S/c1-29-17-5-2-15(3-6-17)13-23-20(25)14-31-21(26)16-4-7-18(22)19(12-16)32(27,28)24-8-10-30-11-9-24/h2-7,12H,8-11,13-14H2,1H3,(H,23,25). The molecule has 2 aromatic rings. The molecule has 11 heteroatoms. The summed E-state index contributed by atoms with van der Waals surface area (Å²) in [5.74, 6) is -0.629. The highest BCUT2D eigenvalue weighted by Gasteiger charge is 2.29. The van der Waals surface area contributed by atoms with Gasteiger partial charge in [-0.3, -0.25) is 4.79 Å². The SMILES string of the molecule is COc1ccc(CNC(=O)COC(=O)c2ccc(Cl)c(S(=O)(=O)N3CCOCC3)c2)cc1. The Bertz CT molecular complexity index is 1070. The average Bonchev–Trinajstić information content (AvgIpc) is 2.82. The zero-order chi connectivity index (χ0) is 23.1. The Hall–Kier alpha value is -2.66. The number of morpholine rings is 1. The van der Waals surface area contributed by atoms with Crippen molar-refractivity contribution in [3.63, 3.8) is 0 Å². The van der Waals surface area contributed by atoms with Gasteiger partial charge >= 0.3 is 5.97 Å². The van der Waals surface area contributed by atoms with E-state index in [4.69, 9.17) is 25.8 Å². The van der Waals surface area contributed by atoms with E-state index in [9.17, 15) is 18.0 Å². The molecule has 1 N–H and O–H groups in total. The minimum atomic E-state index is -3.90. The van der Waals surface area contributed by atoms with Crippen molar-refractivity contribution in [2.24, 2.45) is 0 Å². The zero-order valence-electron chi connectivity index (χ0n) is 17.4. The fourth-order valence-electron chi connectivity index (χ4n) is 2.96. The van der Waals surface area contributed by atoms with Crippen molar-refractivity contribution < 1.29 is 32.2 Å². The van der Waals surface area contributed by atoms with Crippen LogP contribution in [0.1, 0.15) is 15.9 Å². The van der Waals surface area contributed by atoms with Gasteiger partial charge in [-0.1, -0.05) is 23.7 Å². The van der Waals surface area contributed by atoms with Crippen LogP contribution in [0.25, 0.3) is 0 Å². The number of esters is 1. The van der Waals surface area contributed by atoms with E-state index in [1.807, 2.05) is 0 Å². The Morgan fingerprint density at radius 3 is 2.47 bits per heavy atom. The number of hydrogen-bond donors (Lipinski definition) is 1. The first-order chi connectivity index (χ1) is 15.3. The summed E-state index contributed by atoms with van der Waals surface area (Å²) in [4.78, 5) is 24.2. The molecule has 0 atom stereocenters. The zero-order valence-corrected chi connectivity index (χ0v) is 18.9. The third kappa shape index (κ3) is 5.98. The minimum absolute atomic E-state index is 0.00900. The average molecular weight is 483 g/mol. The van der Waals surface area contributed by atoms with Crippen molar-refractivity contribution in [3.05, 3.63) is 58.6 Å². The van der Waals surface area contributed by atoms with E-state index >= 15 is 0 Å². The number of sulfonamides is 1. The number of nitrogens with zero attached hydrogens (tertiary/aromatic N) is 1. The molecule has 1 aliphatic heterocycles. The minimum Gasteiger partial charge on any atom is -0.497 e. The van der Waals surface area contributed by atoms with Crippen molar-refractivity contribution in [1.29, 1.82) is 0 Å². The number of carbonyl (C=O) groups is 2. The molecule has 0 bridgehead atoms. The summed E-state index contributed by atoms with van der Waals surface area (Å²) in [7, 11) is -2.34. The molecule has 172 valence electrons. The first-order valence-corrected chi connectivity index (χ1v) is 11.6. The van der Waals surface area contributed by atoms with Crippen molar-refractivity contribution in [2.45, 2.75) is 11.4 Å². The molecule has 0 unspecified atom stereocenters. The number of rotatable bonds is 8. The number of amides is 1. The second-order valence-electron chi connectivity index (χ2n) is 6.86. The highest BCUT2D eigenvalue weighted by molar-refractivity contribution is 7.89. The second kappa shape index (κ2) is 10.8. The molecule has 1 saturated heterocycles. The Morgan fingerprint density at radius 2 is 1.81 bits per heavy atom. The van der Waals surface area contributed by atoms with Crippen LogP contribution < -0.4 is 10.1 Å². The van der Waals surface area contributed by atoms with Crippen LogP contribution in [0.15, 0.2) is 47.4 Å². The molecule has 1 fully saturated rings. The van der Waals surface area contributed by atoms with Crippen molar-refractivity contribution in [2.75, 3.05) is 40.0 Å². The smallest absolute Gasteiger partial charge is 0.338 e. The van der Waals surface area contributed by atoms with Gasteiger partial charge in [-0.15, -0.1) is 0 Å². The fraction of sp³-hybridized carbons (Fsp3) is 0.333. The number of halogens is 1. The van der Waals surface area contributed by atoms with Crippen molar-refractivity contribution in [3.8, 4) is 5.75 Å². The molecule has 9 nitrogen and oxygen atoms in total. The largest absolute Gasteiger partial charge is 0.497 e. The topological polar surface area (TPSA) is 111 Å². The van der Waals surface area contributed by atoms with Gasteiger partial charge in [0.05, 0.1) is 30.9 Å². The number of nitrogens with one attached hydrogen (secondary N) is 1. The maximum atomic E-state index is 12.9. The van der Waals surface area contributed by atoms with Crippen LogP contribution in [-0.2, 0) is 30.8 Å². The lowest BCUT2D eigenvalue weighted by atomic mass is 10.2. The van der Waals surface area contributed by atoms with E-state index in [2.05, 4.69) is 5.32 Å². The summed E-state index contributed by atoms with van der Waals surface area (Å²) in [5, 5.41) is 2.63. The first-order valence-electron chi connectivity index (χ1n) is 9.75. The third-order valence-electron chi connectivity index (χ3n) is 4.74. The summed E-state index contributed by atoms with van der Waals surface area (Å²) >= 11 is 6.09. The van der Waals surface area contributed by atoms with Gasteiger partial charge in [-0.25, -0.2) is 13.2 Å². The van der Waals surface area contributed by atoms with Crippen LogP contribution in [0, 0.1) is 0 Å². The van der Waals surface area contributed by atoms with Gasteiger partial charge in [-0.2, -0.15) is 4.31 Å². The third-order valence-corrected chi connectivity index (χ3v) is 7.12. The Kier molecular flexibility index (Phi) is 8.08. The lowest BCUT2D eigenvalue weighted by molar-refractivity contribution is -0.124. The van der Waals surface area contributed by atoms with Gasteiger partial charge in [0.1, 0.15) is 10.6 Å². The summed E-state index contributed by atoms with van der Waals surface area (Å²) in [5.41, 5.74) is 0.824. The maximum Gasteiger partial charge on any atom is 0.338 e. The molecule has 0 radical (unpaired) electrons. The predicted molar refractivity (Wildman–Crippen MR) is 116 cm³/mol. The van der Waals surface area contributed by atoms with E-state index in [-0.39, 0.29) is 48.3 Å². The van der Waals surface area contributed by atoms with E-state index < -0.39 is 28.5 Å². The van der Waals surface area contributed by atoms with Gasteiger partial charge in [0, 0.05) is 19.6 Å². The first kappa shape index (κ1) is 24.0. The Labute approximate surface area is 191 Å². The maximum absolute atomic E-state index is 12.9. The Morgan fingerprint density at radius 1 is 1.12 bits per heavy atom. The summed E-state index contributed by atoms with van der Waals surface area (Å²) < 4.78 is 42.3. The monoisotopic (exact) mass is 482 g/mol. The highest BCUT2D eigenvalue weighted by atomic mass is 35.5. The number of hydrogen-bond acceptors (Lipinski definition) is 7. The normalized spacial score (nSPS) is 14.6. The molecular formula is C21H23ClN2O7S. The van der Waals surface area contributed by atoms with Crippen molar-refractivity contribution >= 4 is 33.5 Å². The molecule has 0 aliphatic carbocycles. The molecule has 0 aromatic heterocycles. The van der Waals surface area contributed by atoms with Gasteiger partial charge in [0.15, 0.2) is 6.61 Å². The molecule has 1 amide bonds. The van der Waals surface area contributed by atoms with E-state index in [1.165, 1.54) is 16.4 Å². The van der Waals surface area contributed by atoms with Gasteiger partial charge in [0.25, 0.3) is 5.91 Å². The van der Waals surface area contributed by atoms with Crippen LogP contribution >= 0.6 is 11.6 Å². The summed E-state index contributed by atoms with van der Waals surface area (Å²) in [6.45, 7) is 0.699. The lowest BCUT2D eigenvalue weighted by Crippen LogP contribution is -2.40.